The molecule has 1 aliphatic rings. The molecule has 0 amide bonds. The van der Waals surface area contributed by atoms with Crippen LogP contribution in [-0.2, 0) is 14.8 Å². The van der Waals surface area contributed by atoms with Gasteiger partial charge in [0.25, 0.3) is 0 Å². The first-order valence-electron chi connectivity index (χ1n) is 4.15. The molecule has 1 atom stereocenters. The monoisotopic (exact) mass is 271 g/mol. The lowest BCUT2D eigenvalue weighted by Crippen LogP contribution is -2.40. The van der Waals surface area contributed by atoms with Gasteiger partial charge in [-0.15, -0.1) is 0 Å². The van der Waals surface area contributed by atoms with Gasteiger partial charge in [0.1, 0.15) is 4.66 Å². The zero-order valence-electron chi connectivity index (χ0n) is 7.55. The zero-order valence-corrected chi connectivity index (χ0v) is 9.95. The number of hydrogen-bond acceptors (Lipinski definition) is 3. The fraction of sp³-hybridized carbons (Fsp3) is 1.00. The summed E-state index contributed by atoms with van der Waals surface area (Å²) in [7, 11) is -3.16. The molecule has 0 aromatic heterocycles. The Morgan fingerprint density at radius 1 is 1.62 bits per heavy atom. The minimum atomic E-state index is -3.16. The predicted molar refractivity (Wildman–Crippen MR) is 54.3 cm³/mol. The third-order valence-electron chi connectivity index (χ3n) is 2.11. The molecule has 1 fully saturated rings. The maximum atomic E-state index is 11.1. The quantitative estimate of drug-likeness (QED) is 0.771. The van der Waals surface area contributed by atoms with E-state index < -0.39 is 10.0 Å². The molecule has 6 heteroatoms. The first-order chi connectivity index (χ1) is 5.97. The minimum absolute atomic E-state index is 0.0594. The smallest absolute Gasteiger partial charge is 0.221 e. The lowest BCUT2D eigenvalue weighted by atomic mass is 10.0. The number of hydrogen-bond donors (Lipinski definition) is 1. The normalized spacial score (nSPS) is 29.4. The van der Waals surface area contributed by atoms with Gasteiger partial charge in [-0.25, -0.2) is 13.1 Å². The van der Waals surface area contributed by atoms with Crippen LogP contribution in [-0.4, -0.2) is 31.8 Å². The maximum absolute atomic E-state index is 11.1. The van der Waals surface area contributed by atoms with E-state index in [-0.39, 0.29) is 10.3 Å². The van der Waals surface area contributed by atoms with Crippen LogP contribution < -0.4 is 4.72 Å². The third-order valence-corrected chi connectivity index (χ3v) is 4.79. The molecule has 4 nitrogen and oxygen atoms in total. The number of ether oxygens (including phenoxy) is 1. The summed E-state index contributed by atoms with van der Waals surface area (Å²) in [5.74, 6) is 0. The van der Waals surface area contributed by atoms with Crippen LogP contribution >= 0.6 is 15.9 Å². The summed E-state index contributed by atoms with van der Waals surface area (Å²) >= 11 is 2.91. The van der Waals surface area contributed by atoms with Gasteiger partial charge < -0.3 is 4.74 Å². The van der Waals surface area contributed by atoms with Crippen LogP contribution in [0.2, 0.25) is 0 Å². The summed E-state index contributed by atoms with van der Waals surface area (Å²) in [5.41, 5.74) is -0.310. The highest BCUT2D eigenvalue weighted by atomic mass is 79.9. The molecule has 1 N–H and O–H groups in total. The third kappa shape index (κ3) is 3.53. The summed E-state index contributed by atoms with van der Waals surface area (Å²) < 4.78 is 30.0. The van der Waals surface area contributed by atoms with E-state index >= 15 is 0 Å². The van der Waals surface area contributed by atoms with Gasteiger partial charge in [-0.3, -0.25) is 0 Å². The topological polar surface area (TPSA) is 55.4 Å². The van der Waals surface area contributed by atoms with E-state index in [1.807, 2.05) is 6.92 Å². The van der Waals surface area contributed by atoms with Crippen molar-refractivity contribution in [3.63, 3.8) is 0 Å². The number of halogens is 1. The lowest BCUT2D eigenvalue weighted by Gasteiger charge is -2.22. The van der Waals surface area contributed by atoms with Gasteiger partial charge >= 0.3 is 0 Å². The maximum Gasteiger partial charge on any atom is 0.221 e. The van der Waals surface area contributed by atoms with E-state index in [4.69, 9.17) is 4.74 Å². The molecule has 1 heterocycles. The Morgan fingerprint density at radius 2 is 2.31 bits per heavy atom. The van der Waals surface area contributed by atoms with Crippen LogP contribution in [0, 0.1) is 0 Å². The largest absolute Gasteiger partial charge is 0.374 e. The van der Waals surface area contributed by atoms with Crippen molar-refractivity contribution >= 4 is 26.0 Å². The summed E-state index contributed by atoms with van der Waals surface area (Å²) in [6.07, 6.45) is 1.92. The van der Waals surface area contributed by atoms with Crippen molar-refractivity contribution in [1.82, 2.24) is 4.72 Å². The van der Waals surface area contributed by atoms with Crippen molar-refractivity contribution in [2.24, 2.45) is 0 Å². The predicted octanol–water partition coefficient (Wildman–Crippen LogP) is 0.827. The molecule has 13 heavy (non-hydrogen) atoms. The molecule has 0 bridgehead atoms. The zero-order chi connectivity index (χ0) is 9.95. The number of alkyl halides is 1. The van der Waals surface area contributed by atoms with Crippen LogP contribution in [0.3, 0.4) is 0 Å². The molecule has 1 unspecified atom stereocenters. The average molecular weight is 272 g/mol. The molecule has 0 aromatic carbocycles. The van der Waals surface area contributed by atoms with Crippen molar-refractivity contribution in [2.45, 2.75) is 25.4 Å². The van der Waals surface area contributed by atoms with Gasteiger partial charge in [0.15, 0.2) is 0 Å². The second-order valence-electron chi connectivity index (χ2n) is 3.45. The van der Waals surface area contributed by atoms with Crippen LogP contribution in [0.25, 0.3) is 0 Å². The first-order valence-corrected chi connectivity index (χ1v) is 6.92. The molecule has 1 aliphatic heterocycles. The lowest BCUT2D eigenvalue weighted by molar-refractivity contribution is 0.0251. The molecule has 1 saturated heterocycles. The molecular weight excluding hydrogens is 258 g/mol. The first kappa shape index (κ1) is 11.4. The van der Waals surface area contributed by atoms with Crippen molar-refractivity contribution in [1.29, 1.82) is 0 Å². The fourth-order valence-electron chi connectivity index (χ4n) is 1.28. The van der Waals surface area contributed by atoms with Crippen molar-refractivity contribution in [3.05, 3.63) is 0 Å². The standard InChI is InChI=1S/C7H14BrNO3S/c1-7(3-2-4-12-7)5-9-13(10,11)6-8/h9H,2-6H2,1H3. The average Bonchev–Trinajstić information content (AvgIpc) is 2.50. The van der Waals surface area contributed by atoms with Crippen molar-refractivity contribution in [2.75, 3.05) is 17.8 Å². The SMILES string of the molecule is CC1(CNS(=O)(=O)CBr)CCCO1. The number of nitrogens with one attached hydrogen (secondary N) is 1. The number of rotatable bonds is 4. The van der Waals surface area contributed by atoms with Crippen LogP contribution in [0.4, 0.5) is 0 Å². The molecule has 0 radical (unpaired) electrons. The van der Waals surface area contributed by atoms with Gasteiger partial charge in [0.05, 0.1) is 5.60 Å². The van der Waals surface area contributed by atoms with E-state index in [2.05, 4.69) is 20.7 Å². The summed E-state index contributed by atoms with van der Waals surface area (Å²) in [5, 5.41) is 0. The van der Waals surface area contributed by atoms with E-state index in [0.717, 1.165) is 19.4 Å². The van der Waals surface area contributed by atoms with Gasteiger partial charge in [-0.1, -0.05) is 15.9 Å². The van der Waals surface area contributed by atoms with Crippen molar-refractivity contribution < 1.29 is 13.2 Å². The Balaban J connectivity index is 2.42. The van der Waals surface area contributed by atoms with Crippen molar-refractivity contribution in [3.8, 4) is 0 Å². The van der Waals surface area contributed by atoms with E-state index in [1.165, 1.54) is 0 Å². The molecule has 1 rings (SSSR count). The fourth-order valence-corrected chi connectivity index (χ4v) is 2.37. The Hall–Kier alpha value is 0.350. The van der Waals surface area contributed by atoms with Gasteiger partial charge in [-0.2, -0.15) is 0 Å². The highest BCUT2D eigenvalue weighted by Crippen LogP contribution is 2.24. The Labute approximate surface area is 87.2 Å². The van der Waals surface area contributed by atoms with Crippen LogP contribution in [0.1, 0.15) is 19.8 Å². The Bertz CT molecular complexity index is 259. The van der Waals surface area contributed by atoms with Gasteiger partial charge in [0, 0.05) is 13.2 Å². The van der Waals surface area contributed by atoms with E-state index in [1.54, 1.807) is 0 Å². The highest BCUT2D eigenvalue weighted by molar-refractivity contribution is 9.10. The Kier molecular flexibility index (Phi) is 3.73. The van der Waals surface area contributed by atoms with Crippen LogP contribution in [0.15, 0.2) is 0 Å². The number of sulfonamides is 1. The summed E-state index contributed by atoms with van der Waals surface area (Å²) in [6.45, 7) is 3.02. The second-order valence-corrected chi connectivity index (χ2v) is 6.56. The molecule has 0 aliphatic carbocycles. The minimum Gasteiger partial charge on any atom is -0.374 e. The van der Waals surface area contributed by atoms with E-state index in [9.17, 15) is 8.42 Å². The molecular formula is C7H14BrNO3S. The molecule has 78 valence electrons. The summed E-state index contributed by atoms with van der Waals surface area (Å²) in [6, 6.07) is 0. The highest BCUT2D eigenvalue weighted by Gasteiger charge is 2.30. The summed E-state index contributed by atoms with van der Waals surface area (Å²) in [4.78, 5) is 0. The molecule has 0 spiro atoms. The van der Waals surface area contributed by atoms with E-state index in [0.29, 0.717) is 6.54 Å². The molecule has 0 saturated carbocycles. The Morgan fingerprint density at radius 3 is 2.77 bits per heavy atom. The van der Waals surface area contributed by atoms with Gasteiger partial charge in [-0.05, 0) is 19.8 Å². The molecule has 0 aromatic rings. The van der Waals surface area contributed by atoms with Crippen LogP contribution in [0.5, 0.6) is 0 Å². The second kappa shape index (κ2) is 4.25. The van der Waals surface area contributed by atoms with Gasteiger partial charge in [0.2, 0.25) is 10.0 Å².